The van der Waals surface area contributed by atoms with Gasteiger partial charge in [-0.15, -0.1) is 0 Å². The van der Waals surface area contributed by atoms with E-state index in [0.29, 0.717) is 12.3 Å². The normalized spacial score (nSPS) is 19.1. The summed E-state index contributed by atoms with van der Waals surface area (Å²) >= 11 is 0. The summed E-state index contributed by atoms with van der Waals surface area (Å²) in [6.45, 7) is 8.45. The minimum absolute atomic E-state index is 0.180. The van der Waals surface area contributed by atoms with Gasteiger partial charge in [0.25, 0.3) is 0 Å². The highest BCUT2D eigenvalue weighted by Gasteiger charge is 2.39. The Morgan fingerprint density at radius 2 is 1.46 bits per heavy atom. The van der Waals surface area contributed by atoms with Crippen molar-refractivity contribution in [2.75, 3.05) is 0 Å². The Hall–Kier alpha value is -2.13. The van der Waals surface area contributed by atoms with E-state index in [1.54, 1.807) is 0 Å². The van der Waals surface area contributed by atoms with Gasteiger partial charge in [0.15, 0.2) is 5.78 Å². The zero-order valence-corrected chi connectivity index (χ0v) is 16.1. The lowest BCUT2D eigenvalue weighted by atomic mass is 9.78. The van der Waals surface area contributed by atoms with Crippen LogP contribution in [0.2, 0.25) is 0 Å². The van der Waals surface area contributed by atoms with Crippen LogP contribution in [-0.4, -0.2) is 17.0 Å². The maximum atomic E-state index is 12.7. The molecule has 0 aliphatic carbocycles. The monoisotopic (exact) mass is 352 g/mol. The number of hydrogen-bond donors (Lipinski definition) is 0. The van der Waals surface area contributed by atoms with Gasteiger partial charge in [-0.25, -0.2) is 0 Å². The maximum Gasteiger partial charge on any atom is 0.163 e. The fourth-order valence-corrected chi connectivity index (χ4v) is 4.15. The Kier molecular flexibility index (Phi) is 5.19. The van der Waals surface area contributed by atoms with Gasteiger partial charge in [0.2, 0.25) is 0 Å². The van der Waals surface area contributed by atoms with Gasteiger partial charge in [-0.3, -0.25) is 4.79 Å². The van der Waals surface area contributed by atoms with Crippen molar-refractivity contribution in [1.29, 1.82) is 0 Å². The summed E-state index contributed by atoms with van der Waals surface area (Å²) in [4.78, 5) is 12.7. The number of ketones is 1. The molecule has 26 heavy (non-hydrogen) atoms. The molecule has 1 aliphatic heterocycles. The van der Waals surface area contributed by atoms with Crippen molar-refractivity contribution in [2.24, 2.45) is 5.92 Å². The molecule has 0 amide bonds. The lowest BCUT2D eigenvalue weighted by molar-refractivity contribution is -0.171. The van der Waals surface area contributed by atoms with Crippen LogP contribution in [-0.2, 0) is 4.74 Å². The van der Waals surface area contributed by atoms with Crippen molar-refractivity contribution in [3.8, 4) is 11.5 Å². The van der Waals surface area contributed by atoms with Crippen molar-refractivity contribution in [3.63, 3.8) is 0 Å². The molecule has 0 radical (unpaired) electrons. The summed E-state index contributed by atoms with van der Waals surface area (Å²) < 4.78 is 11.9. The molecule has 0 saturated carbocycles. The molecule has 2 aromatic carbocycles. The first-order valence-corrected chi connectivity index (χ1v) is 9.29. The molecule has 1 heterocycles. The Morgan fingerprint density at radius 3 is 2.04 bits per heavy atom. The largest absolute Gasteiger partial charge is 0.457 e. The van der Waals surface area contributed by atoms with Crippen molar-refractivity contribution in [2.45, 2.75) is 58.2 Å². The van der Waals surface area contributed by atoms with Gasteiger partial charge in [0, 0.05) is 12.0 Å². The minimum Gasteiger partial charge on any atom is -0.457 e. The fraction of sp³-hybridized carbons (Fsp3) is 0.435. The van der Waals surface area contributed by atoms with E-state index in [2.05, 4.69) is 27.7 Å². The molecule has 1 fully saturated rings. The highest BCUT2D eigenvalue weighted by atomic mass is 16.5. The van der Waals surface area contributed by atoms with Gasteiger partial charge >= 0.3 is 0 Å². The molecule has 3 nitrogen and oxygen atoms in total. The first kappa shape index (κ1) is 18.7. The molecule has 1 saturated heterocycles. The van der Waals surface area contributed by atoms with Crippen LogP contribution in [0.1, 0.15) is 57.3 Å². The molecule has 0 spiro atoms. The molecule has 3 rings (SSSR count). The zero-order valence-electron chi connectivity index (χ0n) is 16.1. The number of ether oxygens (including phenoxy) is 2. The van der Waals surface area contributed by atoms with E-state index in [1.807, 2.05) is 54.6 Å². The third kappa shape index (κ3) is 4.95. The molecule has 138 valence electrons. The van der Waals surface area contributed by atoms with Gasteiger partial charge in [-0.2, -0.15) is 0 Å². The summed E-state index contributed by atoms with van der Waals surface area (Å²) in [5.41, 5.74) is 0.382. The number of carbonyl (C=O) groups excluding carboxylic acids is 1. The molecule has 0 aromatic heterocycles. The standard InChI is InChI=1S/C23H28O3/c1-22(2)15-17(16-23(3,4)26-22)14-21(24)18-10-12-20(13-11-18)25-19-8-6-5-7-9-19/h5-13,17H,14-16H2,1-4H3. The molecular weight excluding hydrogens is 324 g/mol. The summed E-state index contributed by atoms with van der Waals surface area (Å²) in [6, 6.07) is 17.1. The molecule has 0 bridgehead atoms. The maximum absolute atomic E-state index is 12.7. The van der Waals surface area contributed by atoms with Gasteiger partial charge in [-0.05, 0) is 82.9 Å². The Morgan fingerprint density at radius 1 is 0.923 bits per heavy atom. The van der Waals surface area contributed by atoms with Crippen LogP contribution in [0.25, 0.3) is 0 Å². The number of hydrogen-bond acceptors (Lipinski definition) is 3. The van der Waals surface area contributed by atoms with Crippen molar-refractivity contribution >= 4 is 5.78 Å². The molecule has 3 heteroatoms. The SMILES string of the molecule is CC1(C)CC(CC(=O)c2ccc(Oc3ccccc3)cc2)CC(C)(C)O1. The number of Topliss-reactive ketones (excluding diaryl/α,β-unsaturated/α-hetero) is 1. The van der Waals surface area contributed by atoms with Crippen molar-refractivity contribution < 1.29 is 14.3 Å². The van der Waals surface area contributed by atoms with E-state index >= 15 is 0 Å². The van der Waals surface area contributed by atoms with Crippen molar-refractivity contribution in [1.82, 2.24) is 0 Å². The van der Waals surface area contributed by atoms with E-state index in [9.17, 15) is 4.79 Å². The number of rotatable bonds is 5. The predicted octanol–water partition coefficient (Wildman–Crippen LogP) is 6.04. The third-order valence-corrected chi connectivity index (χ3v) is 4.74. The molecule has 2 aromatic rings. The van der Waals surface area contributed by atoms with Crippen LogP contribution in [0, 0.1) is 5.92 Å². The Bertz CT molecular complexity index is 729. The van der Waals surface area contributed by atoms with E-state index < -0.39 is 0 Å². The second kappa shape index (κ2) is 7.24. The van der Waals surface area contributed by atoms with Crippen molar-refractivity contribution in [3.05, 3.63) is 60.2 Å². The van der Waals surface area contributed by atoms with Crippen LogP contribution in [0.15, 0.2) is 54.6 Å². The summed E-state index contributed by atoms with van der Waals surface area (Å²) in [5, 5.41) is 0. The smallest absolute Gasteiger partial charge is 0.163 e. The lowest BCUT2D eigenvalue weighted by Crippen LogP contribution is -2.45. The Labute approximate surface area is 156 Å². The first-order chi connectivity index (χ1) is 12.2. The van der Waals surface area contributed by atoms with Crippen LogP contribution in [0.5, 0.6) is 11.5 Å². The second-order valence-electron chi connectivity index (χ2n) is 8.46. The van der Waals surface area contributed by atoms with Crippen LogP contribution in [0.3, 0.4) is 0 Å². The van der Waals surface area contributed by atoms with Gasteiger partial charge in [0.1, 0.15) is 11.5 Å². The minimum atomic E-state index is -0.180. The summed E-state index contributed by atoms with van der Waals surface area (Å²) in [7, 11) is 0. The van der Waals surface area contributed by atoms with Crippen LogP contribution < -0.4 is 4.74 Å². The van der Waals surface area contributed by atoms with Crippen LogP contribution >= 0.6 is 0 Å². The molecular formula is C23H28O3. The topological polar surface area (TPSA) is 35.5 Å². The number of para-hydroxylation sites is 1. The highest BCUT2D eigenvalue weighted by Crippen LogP contribution is 2.40. The number of benzene rings is 2. The average molecular weight is 352 g/mol. The zero-order chi connectivity index (χ0) is 18.8. The van der Waals surface area contributed by atoms with Gasteiger partial charge < -0.3 is 9.47 Å². The van der Waals surface area contributed by atoms with E-state index in [0.717, 1.165) is 29.9 Å². The van der Waals surface area contributed by atoms with Crippen LogP contribution in [0.4, 0.5) is 0 Å². The molecule has 0 atom stereocenters. The van der Waals surface area contributed by atoms with E-state index in [4.69, 9.17) is 9.47 Å². The van der Waals surface area contributed by atoms with E-state index in [1.165, 1.54) is 0 Å². The fourth-order valence-electron chi connectivity index (χ4n) is 4.15. The number of carbonyl (C=O) groups is 1. The average Bonchev–Trinajstić information content (AvgIpc) is 2.53. The second-order valence-corrected chi connectivity index (χ2v) is 8.46. The molecule has 0 N–H and O–H groups in total. The lowest BCUT2D eigenvalue weighted by Gasteiger charge is -2.45. The summed E-state index contributed by atoms with van der Waals surface area (Å²) in [5.74, 6) is 2.07. The molecule has 0 unspecified atom stereocenters. The molecule has 1 aliphatic rings. The van der Waals surface area contributed by atoms with E-state index in [-0.39, 0.29) is 17.0 Å². The summed E-state index contributed by atoms with van der Waals surface area (Å²) in [6.07, 6.45) is 2.39. The quantitative estimate of drug-likeness (QED) is 0.616. The Balaban J connectivity index is 1.63. The first-order valence-electron chi connectivity index (χ1n) is 9.29. The van der Waals surface area contributed by atoms with Gasteiger partial charge in [-0.1, -0.05) is 18.2 Å². The highest BCUT2D eigenvalue weighted by molar-refractivity contribution is 5.96. The predicted molar refractivity (Wildman–Crippen MR) is 104 cm³/mol. The third-order valence-electron chi connectivity index (χ3n) is 4.74. The van der Waals surface area contributed by atoms with Gasteiger partial charge in [0.05, 0.1) is 11.2 Å².